The van der Waals surface area contributed by atoms with Crippen LogP contribution in [-0.2, 0) is 6.42 Å². The molecule has 0 saturated carbocycles. The molecular weight excluding hydrogens is 262 g/mol. The third kappa shape index (κ3) is 5.29. The van der Waals surface area contributed by atoms with E-state index >= 15 is 0 Å². The molecule has 0 saturated heterocycles. The first-order chi connectivity index (χ1) is 9.22. The molecule has 19 heavy (non-hydrogen) atoms. The maximum atomic E-state index is 6.27. The minimum absolute atomic E-state index is 0.591. The summed E-state index contributed by atoms with van der Waals surface area (Å²) in [6, 6.07) is 3.88. The van der Waals surface area contributed by atoms with Crippen molar-refractivity contribution < 1.29 is 9.47 Å². The summed E-state index contributed by atoms with van der Waals surface area (Å²) in [7, 11) is 0. The molecule has 0 aliphatic rings. The number of halogens is 1. The third-order valence-electron chi connectivity index (χ3n) is 2.80. The lowest BCUT2D eigenvalue weighted by molar-refractivity contribution is 0.271. The molecule has 0 unspecified atom stereocenters. The van der Waals surface area contributed by atoms with Crippen LogP contribution in [0.3, 0.4) is 0 Å². The van der Waals surface area contributed by atoms with E-state index in [9.17, 15) is 0 Å². The average molecular weight is 286 g/mol. The van der Waals surface area contributed by atoms with Crippen molar-refractivity contribution in [1.29, 1.82) is 0 Å². The van der Waals surface area contributed by atoms with Gasteiger partial charge >= 0.3 is 0 Å². The normalized spacial score (nSPS) is 10.5. The number of hydrogen-bond donors (Lipinski definition) is 1. The lowest BCUT2D eigenvalue weighted by Crippen LogP contribution is -2.05. The van der Waals surface area contributed by atoms with Crippen LogP contribution >= 0.6 is 11.6 Å². The molecule has 0 bridgehead atoms. The van der Waals surface area contributed by atoms with Gasteiger partial charge in [-0.3, -0.25) is 0 Å². The van der Waals surface area contributed by atoms with Gasteiger partial charge in [-0.2, -0.15) is 0 Å². The Morgan fingerprint density at radius 2 is 1.95 bits per heavy atom. The Bertz CT molecular complexity index is 383. The fraction of sp³-hybridized carbons (Fsp3) is 0.600. The van der Waals surface area contributed by atoms with E-state index < -0.39 is 0 Å². The number of rotatable bonds is 9. The van der Waals surface area contributed by atoms with Crippen LogP contribution in [0.5, 0.6) is 11.5 Å². The Balaban J connectivity index is 2.81. The summed E-state index contributed by atoms with van der Waals surface area (Å²) in [5.41, 5.74) is 6.65. The van der Waals surface area contributed by atoms with Gasteiger partial charge in [-0.05, 0) is 44.0 Å². The molecule has 1 rings (SSSR count). The number of benzene rings is 1. The van der Waals surface area contributed by atoms with E-state index in [0.29, 0.717) is 30.5 Å². The quantitative estimate of drug-likeness (QED) is 0.702. The smallest absolute Gasteiger partial charge is 0.179 e. The van der Waals surface area contributed by atoms with Gasteiger partial charge in [-0.1, -0.05) is 31.4 Å². The van der Waals surface area contributed by atoms with Crippen molar-refractivity contribution in [2.24, 2.45) is 5.73 Å². The van der Waals surface area contributed by atoms with Crippen molar-refractivity contribution in [3.8, 4) is 11.5 Å². The molecule has 1 aromatic rings. The van der Waals surface area contributed by atoms with E-state index in [-0.39, 0.29) is 0 Å². The van der Waals surface area contributed by atoms with E-state index in [1.54, 1.807) is 0 Å². The molecular formula is C15H24ClNO2. The van der Waals surface area contributed by atoms with E-state index in [1.807, 2.05) is 19.1 Å². The molecule has 0 aliphatic heterocycles. The topological polar surface area (TPSA) is 44.5 Å². The molecule has 4 heteroatoms. The Morgan fingerprint density at radius 1 is 1.16 bits per heavy atom. The van der Waals surface area contributed by atoms with E-state index in [2.05, 4.69) is 6.92 Å². The highest BCUT2D eigenvalue weighted by Crippen LogP contribution is 2.37. The van der Waals surface area contributed by atoms with Crippen molar-refractivity contribution in [2.75, 3.05) is 19.8 Å². The minimum atomic E-state index is 0.591. The van der Waals surface area contributed by atoms with Crippen LogP contribution in [0.2, 0.25) is 5.02 Å². The Hall–Kier alpha value is -0.930. The van der Waals surface area contributed by atoms with Crippen LogP contribution in [0, 0.1) is 0 Å². The van der Waals surface area contributed by atoms with Gasteiger partial charge in [0, 0.05) is 0 Å². The highest BCUT2D eigenvalue weighted by atomic mass is 35.5. The van der Waals surface area contributed by atoms with E-state index in [1.165, 1.54) is 6.42 Å². The van der Waals surface area contributed by atoms with Crippen LogP contribution in [-0.4, -0.2) is 19.8 Å². The zero-order valence-corrected chi connectivity index (χ0v) is 12.6. The van der Waals surface area contributed by atoms with Gasteiger partial charge in [-0.25, -0.2) is 0 Å². The fourth-order valence-electron chi connectivity index (χ4n) is 1.86. The maximum absolute atomic E-state index is 6.27. The average Bonchev–Trinajstić information content (AvgIpc) is 2.38. The van der Waals surface area contributed by atoms with E-state index in [0.717, 1.165) is 30.6 Å². The molecule has 108 valence electrons. The summed E-state index contributed by atoms with van der Waals surface area (Å²) < 4.78 is 11.4. The molecule has 0 heterocycles. The first-order valence-electron chi connectivity index (χ1n) is 7.01. The molecule has 0 aliphatic carbocycles. The van der Waals surface area contributed by atoms with Gasteiger partial charge in [-0.15, -0.1) is 0 Å². The predicted molar refractivity (Wildman–Crippen MR) is 80.4 cm³/mol. The summed E-state index contributed by atoms with van der Waals surface area (Å²) in [5, 5.41) is 0.603. The summed E-state index contributed by atoms with van der Waals surface area (Å²) in [5.74, 6) is 1.37. The standard InChI is InChI=1S/C15H24ClNO2/c1-3-5-6-9-19-15-13(16)10-12(7-8-17)11-14(15)18-4-2/h10-11H,3-9,17H2,1-2H3. The van der Waals surface area contributed by atoms with Crippen LogP contribution in [0.1, 0.15) is 38.7 Å². The highest BCUT2D eigenvalue weighted by Gasteiger charge is 2.12. The first-order valence-corrected chi connectivity index (χ1v) is 7.38. The summed E-state index contributed by atoms with van der Waals surface area (Å²) in [4.78, 5) is 0. The van der Waals surface area contributed by atoms with Crippen LogP contribution in [0.4, 0.5) is 0 Å². The molecule has 0 amide bonds. The van der Waals surface area contributed by atoms with Crippen molar-refractivity contribution >= 4 is 11.6 Å². The minimum Gasteiger partial charge on any atom is -0.490 e. The van der Waals surface area contributed by atoms with E-state index in [4.69, 9.17) is 26.8 Å². The molecule has 0 fully saturated rings. The van der Waals surface area contributed by atoms with Crippen molar-refractivity contribution in [3.63, 3.8) is 0 Å². The zero-order valence-electron chi connectivity index (χ0n) is 11.9. The molecule has 3 nitrogen and oxygen atoms in total. The monoisotopic (exact) mass is 285 g/mol. The largest absolute Gasteiger partial charge is 0.490 e. The Kier molecular flexibility index (Phi) is 7.68. The van der Waals surface area contributed by atoms with Crippen molar-refractivity contribution in [3.05, 3.63) is 22.7 Å². The summed E-state index contributed by atoms with van der Waals surface area (Å²) in [6.07, 6.45) is 4.15. The molecule has 0 atom stereocenters. The Morgan fingerprint density at radius 3 is 2.58 bits per heavy atom. The number of nitrogens with two attached hydrogens (primary N) is 1. The van der Waals surface area contributed by atoms with Gasteiger partial charge in [0.05, 0.1) is 18.2 Å². The zero-order chi connectivity index (χ0) is 14.1. The summed E-state index contributed by atoms with van der Waals surface area (Å²) in [6.45, 7) is 5.97. The van der Waals surface area contributed by atoms with Crippen LogP contribution in [0.25, 0.3) is 0 Å². The second-order valence-corrected chi connectivity index (χ2v) is 4.84. The van der Waals surface area contributed by atoms with Gasteiger partial charge in [0.25, 0.3) is 0 Å². The van der Waals surface area contributed by atoms with Crippen molar-refractivity contribution in [1.82, 2.24) is 0 Å². The lowest BCUT2D eigenvalue weighted by Gasteiger charge is -2.15. The van der Waals surface area contributed by atoms with Gasteiger partial charge in [0.15, 0.2) is 11.5 Å². The van der Waals surface area contributed by atoms with Crippen molar-refractivity contribution in [2.45, 2.75) is 39.5 Å². The number of unbranched alkanes of at least 4 members (excludes halogenated alkanes) is 2. The molecule has 1 aromatic carbocycles. The van der Waals surface area contributed by atoms with Crippen LogP contribution < -0.4 is 15.2 Å². The van der Waals surface area contributed by atoms with Crippen LogP contribution in [0.15, 0.2) is 12.1 Å². The second kappa shape index (κ2) is 9.05. The Labute approximate surface area is 121 Å². The molecule has 0 spiro atoms. The molecule has 0 radical (unpaired) electrons. The van der Waals surface area contributed by atoms with Gasteiger partial charge in [0.1, 0.15) is 0 Å². The lowest BCUT2D eigenvalue weighted by atomic mass is 10.1. The molecule has 0 aromatic heterocycles. The maximum Gasteiger partial charge on any atom is 0.179 e. The number of ether oxygens (including phenoxy) is 2. The highest BCUT2D eigenvalue weighted by molar-refractivity contribution is 6.32. The second-order valence-electron chi connectivity index (χ2n) is 4.43. The number of hydrogen-bond acceptors (Lipinski definition) is 3. The third-order valence-corrected chi connectivity index (χ3v) is 3.08. The first kappa shape index (κ1) is 16.1. The SMILES string of the molecule is CCCCCOc1c(Cl)cc(CCN)cc1OCC. The summed E-state index contributed by atoms with van der Waals surface area (Å²) >= 11 is 6.27. The predicted octanol–water partition coefficient (Wildman–Crippen LogP) is 3.81. The molecule has 2 N–H and O–H groups in total. The van der Waals surface area contributed by atoms with Gasteiger partial charge < -0.3 is 15.2 Å². The fourth-order valence-corrected chi connectivity index (χ4v) is 2.15. The van der Waals surface area contributed by atoms with Gasteiger partial charge in [0.2, 0.25) is 0 Å².